The Morgan fingerprint density at radius 3 is 2.55 bits per heavy atom. The molecule has 1 aromatic heterocycles. The van der Waals surface area contributed by atoms with Crippen LogP contribution in [0.4, 0.5) is 23.7 Å². The first kappa shape index (κ1) is 20.8. The van der Waals surface area contributed by atoms with Crippen molar-refractivity contribution in [3.05, 3.63) is 83.7 Å². The van der Waals surface area contributed by atoms with Crippen LogP contribution in [-0.2, 0) is 0 Å². The van der Waals surface area contributed by atoms with E-state index >= 15 is 0 Å². The van der Waals surface area contributed by atoms with E-state index in [9.17, 15) is 23.1 Å². The van der Waals surface area contributed by atoms with Crippen molar-refractivity contribution >= 4 is 33.3 Å². The normalized spacial score (nSPS) is 12.0. The Balaban J connectivity index is 1.49. The van der Waals surface area contributed by atoms with Crippen molar-refractivity contribution in [3.8, 4) is 10.6 Å². The molecule has 3 N–H and O–H groups in total. The third-order valence-electron chi connectivity index (χ3n) is 4.53. The average molecular weight is 443 g/mol. The smallest absolute Gasteiger partial charge is 0.319 e. The molecule has 0 aliphatic heterocycles. The molecule has 0 saturated carbocycles. The summed E-state index contributed by atoms with van der Waals surface area (Å²) >= 11 is 1.36. The van der Waals surface area contributed by atoms with E-state index in [1.807, 2.05) is 24.3 Å². The number of nitrogens with zero attached hydrogens (tertiary/aromatic N) is 1. The molecule has 1 heterocycles. The first-order valence-electron chi connectivity index (χ1n) is 9.24. The summed E-state index contributed by atoms with van der Waals surface area (Å²) in [6.07, 6.45) is -1.37. The number of fused-ring (bicyclic) bond motifs is 1. The van der Waals surface area contributed by atoms with E-state index in [1.165, 1.54) is 29.5 Å². The van der Waals surface area contributed by atoms with Gasteiger partial charge in [0.05, 0.1) is 22.0 Å². The number of hydrogen-bond donors (Lipinski definition) is 3. The highest BCUT2D eigenvalue weighted by Crippen LogP contribution is 2.35. The first-order chi connectivity index (χ1) is 14.9. The van der Waals surface area contributed by atoms with Crippen LogP contribution in [-0.4, -0.2) is 22.7 Å². The number of thiazole rings is 1. The van der Waals surface area contributed by atoms with Gasteiger partial charge in [0.1, 0.15) is 22.5 Å². The largest absolute Gasteiger partial charge is 0.386 e. The summed E-state index contributed by atoms with van der Waals surface area (Å²) in [5.74, 6) is -2.16. The Morgan fingerprint density at radius 1 is 1.03 bits per heavy atom. The molecule has 0 radical (unpaired) electrons. The quantitative estimate of drug-likeness (QED) is 0.395. The number of para-hydroxylation sites is 1. The van der Waals surface area contributed by atoms with Crippen LogP contribution in [0.3, 0.4) is 0 Å². The Morgan fingerprint density at radius 2 is 1.77 bits per heavy atom. The zero-order chi connectivity index (χ0) is 22.0. The summed E-state index contributed by atoms with van der Waals surface area (Å²) in [7, 11) is 0. The second-order valence-electron chi connectivity index (χ2n) is 6.69. The molecule has 158 valence electrons. The zero-order valence-electron chi connectivity index (χ0n) is 15.9. The van der Waals surface area contributed by atoms with Gasteiger partial charge in [-0.1, -0.05) is 18.2 Å². The van der Waals surface area contributed by atoms with Gasteiger partial charge < -0.3 is 15.7 Å². The summed E-state index contributed by atoms with van der Waals surface area (Å²) in [6, 6.07) is 13.4. The topological polar surface area (TPSA) is 74.2 Å². The lowest BCUT2D eigenvalue weighted by Crippen LogP contribution is -2.32. The molecule has 5 nitrogen and oxygen atoms in total. The zero-order valence-corrected chi connectivity index (χ0v) is 16.7. The number of hydrogen-bond acceptors (Lipinski definition) is 4. The molecule has 0 bridgehead atoms. The molecule has 31 heavy (non-hydrogen) atoms. The van der Waals surface area contributed by atoms with Gasteiger partial charge in [0.15, 0.2) is 0 Å². The van der Waals surface area contributed by atoms with Crippen molar-refractivity contribution in [3.63, 3.8) is 0 Å². The molecule has 9 heteroatoms. The molecule has 0 unspecified atom stereocenters. The maximum absolute atomic E-state index is 13.9. The van der Waals surface area contributed by atoms with Gasteiger partial charge in [-0.25, -0.2) is 22.9 Å². The van der Waals surface area contributed by atoms with E-state index in [4.69, 9.17) is 0 Å². The Labute approximate surface area is 179 Å². The van der Waals surface area contributed by atoms with E-state index in [1.54, 1.807) is 0 Å². The maximum Gasteiger partial charge on any atom is 0.319 e. The minimum Gasteiger partial charge on any atom is -0.386 e. The molecule has 2 amide bonds. The van der Waals surface area contributed by atoms with Crippen LogP contribution in [0.1, 0.15) is 11.7 Å². The van der Waals surface area contributed by atoms with Crippen molar-refractivity contribution in [2.75, 3.05) is 11.9 Å². The number of urea groups is 1. The number of amides is 2. The van der Waals surface area contributed by atoms with Gasteiger partial charge in [-0.3, -0.25) is 0 Å². The number of carbonyl (C=O) groups is 1. The first-order valence-corrected chi connectivity index (χ1v) is 10.1. The van der Waals surface area contributed by atoms with Gasteiger partial charge in [0.25, 0.3) is 0 Å². The monoisotopic (exact) mass is 443 g/mol. The number of aliphatic hydroxyl groups excluding tert-OH is 1. The van der Waals surface area contributed by atoms with Crippen LogP contribution in [0.25, 0.3) is 20.8 Å². The summed E-state index contributed by atoms with van der Waals surface area (Å²) in [6.45, 7) is -0.313. The molecular formula is C22H16F3N3O2S. The lowest BCUT2D eigenvalue weighted by Gasteiger charge is -2.15. The minimum absolute atomic E-state index is 0.140. The van der Waals surface area contributed by atoms with Crippen molar-refractivity contribution in [2.24, 2.45) is 0 Å². The second-order valence-corrected chi connectivity index (χ2v) is 7.72. The lowest BCUT2D eigenvalue weighted by atomic mass is 10.1. The molecule has 0 aliphatic carbocycles. The third-order valence-corrected chi connectivity index (χ3v) is 5.60. The van der Waals surface area contributed by atoms with Gasteiger partial charge in [-0.05, 0) is 36.4 Å². The average Bonchev–Trinajstić information content (AvgIpc) is 3.17. The molecule has 0 spiro atoms. The van der Waals surface area contributed by atoms with Crippen molar-refractivity contribution in [2.45, 2.75) is 6.10 Å². The maximum atomic E-state index is 13.9. The Hall–Kier alpha value is -3.43. The summed E-state index contributed by atoms with van der Waals surface area (Å²) in [4.78, 5) is 16.8. The second kappa shape index (κ2) is 8.75. The van der Waals surface area contributed by atoms with Crippen LogP contribution >= 0.6 is 11.3 Å². The van der Waals surface area contributed by atoms with Gasteiger partial charge in [-0.2, -0.15) is 0 Å². The third kappa shape index (κ3) is 4.68. The fourth-order valence-electron chi connectivity index (χ4n) is 3.03. The van der Waals surface area contributed by atoms with Crippen molar-refractivity contribution in [1.82, 2.24) is 10.3 Å². The molecule has 4 rings (SSSR count). The number of carbonyl (C=O) groups excluding carboxylic acids is 1. The fraction of sp³-hybridized carbons (Fsp3) is 0.0909. The number of aliphatic hydroxyl groups is 1. The number of halogens is 3. The Bertz CT molecular complexity index is 1230. The fourth-order valence-corrected chi connectivity index (χ4v) is 4.02. The summed E-state index contributed by atoms with van der Waals surface area (Å²) < 4.78 is 41.6. The number of aromatic nitrogens is 1. The Kier molecular flexibility index (Phi) is 5.88. The highest BCUT2D eigenvalue weighted by molar-refractivity contribution is 7.21. The lowest BCUT2D eigenvalue weighted by molar-refractivity contribution is 0.170. The molecule has 4 aromatic rings. The minimum atomic E-state index is -1.37. The number of nitrogens with one attached hydrogen (secondary N) is 2. The molecule has 1 atom stereocenters. The predicted molar refractivity (Wildman–Crippen MR) is 113 cm³/mol. The van der Waals surface area contributed by atoms with Gasteiger partial charge >= 0.3 is 6.03 Å². The van der Waals surface area contributed by atoms with Crippen LogP contribution in [0.5, 0.6) is 0 Å². The summed E-state index contributed by atoms with van der Waals surface area (Å²) in [5.41, 5.74) is 1.34. The van der Waals surface area contributed by atoms with Crippen LogP contribution in [0, 0.1) is 17.5 Å². The van der Waals surface area contributed by atoms with Crippen LogP contribution in [0.15, 0.2) is 60.7 Å². The number of rotatable bonds is 5. The van der Waals surface area contributed by atoms with Crippen molar-refractivity contribution < 1.29 is 23.1 Å². The van der Waals surface area contributed by atoms with Crippen LogP contribution < -0.4 is 10.6 Å². The molecular weight excluding hydrogens is 427 g/mol. The number of benzene rings is 3. The number of anilines is 1. The van der Waals surface area contributed by atoms with Gasteiger partial charge in [0, 0.05) is 23.7 Å². The molecule has 0 saturated heterocycles. The van der Waals surface area contributed by atoms with Crippen molar-refractivity contribution in [1.29, 1.82) is 0 Å². The SMILES string of the molecule is O=C(NC[C@H](O)c1ccc(F)cc1F)Nc1ccc(F)cc1-c1nc2ccccc2s1. The molecule has 3 aromatic carbocycles. The highest BCUT2D eigenvalue weighted by atomic mass is 32.1. The molecule has 0 fully saturated rings. The predicted octanol–water partition coefficient (Wildman–Crippen LogP) is 5.24. The standard InChI is InChI=1S/C22H16F3N3O2S/c23-12-6-8-17(15(9-12)21-27-18-3-1-2-4-20(18)31-21)28-22(30)26-11-19(29)14-7-5-13(24)10-16(14)25/h1-10,19,29H,11H2,(H2,26,28,30)/t19-/m0/s1. The molecule has 0 aliphatic rings. The van der Waals surface area contributed by atoms with E-state index in [0.717, 1.165) is 22.3 Å². The van der Waals surface area contributed by atoms with Gasteiger partial charge in [-0.15, -0.1) is 11.3 Å². The van der Waals surface area contributed by atoms with E-state index in [2.05, 4.69) is 15.6 Å². The van der Waals surface area contributed by atoms with E-state index in [0.29, 0.717) is 22.3 Å². The van der Waals surface area contributed by atoms with E-state index < -0.39 is 29.6 Å². The van der Waals surface area contributed by atoms with Gasteiger partial charge in [0.2, 0.25) is 0 Å². The summed E-state index contributed by atoms with van der Waals surface area (Å²) in [5, 5.41) is 15.6. The highest BCUT2D eigenvalue weighted by Gasteiger charge is 2.17. The van der Waals surface area contributed by atoms with E-state index in [-0.39, 0.29) is 12.1 Å². The van der Waals surface area contributed by atoms with Crippen LogP contribution in [0.2, 0.25) is 0 Å².